The van der Waals surface area contributed by atoms with Crippen molar-refractivity contribution in [3.8, 4) is 0 Å². The smallest absolute Gasteiger partial charge is 0.270 e. The van der Waals surface area contributed by atoms with E-state index in [-0.39, 0.29) is 24.1 Å². The van der Waals surface area contributed by atoms with Crippen molar-refractivity contribution < 1.29 is 14.8 Å². The van der Waals surface area contributed by atoms with Gasteiger partial charge in [-0.05, 0) is 24.8 Å². The maximum atomic E-state index is 12.8. The molecule has 1 amide bonds. The number of aliphatic hydroxyl groups is 1. The van der Waals surface area contributed by atoms with Crippen molar-refractivity contribution in [2.24, 2.45) is 5.92 Å². The molecular weight excluding hydrogens is 286 g/mol. The molecule has 7 heteroatoms. The molecule has 0 radical (unpaired) electrons. The maximum absolute atomic E-state index is 12.8. The topological polar surface area (TPSA) is 86.9 Å². The van der Waals surface area contributed by atoms with Crippen LogP contribution in [0.1, 0.15) is 23.2 Å². The summed E-state index contributed by atoms with van der Waals surface area (Å²) in [7, 11) is 3.59. The van der Waals surface area contributed by atoms with Crippen LogP contribution in [0.15, 0.2) is 18.2 Å². The van der Waals surface area contributed by atoms with Gasteiger partial charge in [0.1, 0.15) is 0 Å². The SMILES string of the molecule is CN(C)c1ccc([N+](=O)[O-])cc1C(=O)N1CCCC(CO)C1. The molecule has 22 heavy (non-hydrogen) atoms. The summed E-state index contributed by atoms with van der Waals surface area (Å²) in [5, 5.41) is 20.3. The lowest BCUT2D eigenvalue weighted by molar-refractivity contribution is -0.384. The molecule has 1 N–H and O–H groups in total. The number of carbonyl (C=O) groups is 1. The molecule has 1 aromatic rings. The van der Waals surface area contributed by atoms with Crippen LogP contribution in [-0.2, 0) is 0 Å². The van der Waals surface area contributed by atoms with E-state index in [1.54, 1.807) is 30.0 Å². The highest BCUT2D eigenvalue weighted by atomic mass is 16.6. The molecule has 0 saturated carbocycles. The summed E-state index contributed by atoms with van der Waals surface area (Å²) in [4.78, 5) is 26.7. The maximum Gasteiger partial charge on any atom is 0.270 e. The predicted octanol–water partition coefficient (Wildman–Crippen LogP) is 1.51. The molecule has 1 aliphatic heterocycles. The Morgan fingerprint density at radius 2 is 2.23 bits per heavy atom. The van der Waals surface area contributed by atoms with Crippen molar-refractivity contribution in [2.45, 2.75) is 12.8 Å². The summed E-state index contributed by atoms with van der Waals surface area (Å²) < 4.78 is 0. The van der Waals surface area contributed by atoms with Crippen LogP contribution < -0.4 is 4.90 Å². The third kappa shape index (κ3) is 3.36. The number of rotatable bonds is 4. The average Bonchev–Trinajstić information content (AvgIpc) is 2.53. The second-order valence-electron chi connectivity index (χ2n) is 5.79. The Hall–Kier alpha value is -2.15. The lowest BCUT2D eigenvalue weighted by atomic mass is 9.98. The van der Waals surface area contributed by atoms with Gasteiger partial charge in [-0.2, -0.15) is 0 Å². The number of piperidine rings is 1. The fourth-order valence-electron chi connectivity index (χ4n) is 2.77. The highest BCUT2D eigenvalue weighted by Crippen LogP contribution is 2.27. The standard InChI is InChI=1S/C15H21N3O4/c1-16(2)14-6-5-12(18(21)22)8-13(14)15(20)17-7-3-4-11(9-17)10-19/h5-6,8,11,19H,3-4,7,9-10H2,1-2H3. The van der Waals surface area contributed by atoms with Crippen LogP contribution in [0.4, 0.5) is 11.4 Å². The molecule has 0 aromatic heterocycles. The monoisotopic (exact) mass is 307 g/mol. The molecule has 1 unspecified atom stereocenters. The van der Waals surface area contributed by atoms with Crippen molar-refractivity contribution in [2.75, 3.05) is 38.7 Å². The molecule has 1 saturated heterocycles. The molecule has 0 bridgehead atoms. The van der Waals surface area contributed by atoms with Crippen molar-refractivity contribution in [3.05, 3.63) is 33.9 Å². The van der Waals surface area contributed by atoms with E-state index in [0.717, 1.165) is 12.8 Å². The third-order valence-electron chi connectivity index (χ3n) is 3.97. The van der Waals surface area contributed by atoms with Crippen molar-refractivity contribution in [1.29, 1.82) is 0 Å². The van der Waals surface area contributed by atoms with Crippen LogP contribution in [0, 0.1) is 16.0 Å². The molecule has 1 atom stereocenters. The summed E-state index contributed by atoms with van der Waals surface area (Å²) in [6.45, 7) is 1.16. The number of nitro benzene ring substituents is 1. The van der Waals surface area contributed by atoms with E-state index in [9.17, 15) is 20.0 Å². The highest BCUT2D eigenvalue weighted by Gasteiger charge is 2.27. The number of likely N-dealkylation sites (tertiary alicyclic amines) is 1. The van der Waals surface area contributed by atoms with Crippen molar-refractivity contribution in [1.82, 2.24) is 4.90 Å². The van der Waals surface area contributed by atoms with Crippen molar-refractivity contribution >= 4 is 17.3 Å². The Morgan fingerprint density at radius 1 is 1.50 bits per heavy atom. The predicted molar refractivity (Wildman–Crippen MR) is 83.1 cm³/mol. The summed E-state index contributed by atoms with van der Waals surface area (Å²) >= 11 is 0. The minimum absolute atomic E-state index is 0.0548. The average molecular weight is 307 g/mol. The van der Waals surface area contributed by atoms with E-state index in [2.05, 4.69) is 0 Å². The molecule has 0 aliphatic carbocycles. The fourth-order valence-corrected chi connectivity index (χ4v) is 2.77. The number of non-ortho nitro benzene ring substituents is 1. The van der Waals surface area contributed by atoms with Gasteiger partial charge in [-0.15, -0.1) is 0 Å². The Labute approximate surface area is 129 Å². The van der Waals surface area contributed by atoms with E-state index in [1.165, 1.54) is 12.1 Å². The molecule has 2 rings (SSSR count). The Bertz CT molecular complexity index is 574. The zero-order chi connectivity index (χ0) is 16.3. The number of hydrogen-bond donors (Lipinski definition) is 1. The van der Waals surface area contributed by atoms with Crippen LogP contribution in [0.25, 0.3) is 0 Å². The van der Waals surface area contributed by atoms with Gasteiger partial charge < -0.3 is 14.9 Å². The van der Waals surface area contributed by atoms with Gasteiger partial charge in [-0.25, -0.2) is 0 Å². The van der Waals surface area contributed by atoms with E-state index in [0.29, 0.717) is 24.3 Å². The summed E-state index contributed by atoms with van der Waals surface area (Å²) in [5.74, 6) is -0.134. The number of nitro groups is 1. The van der Waals surface area contributed by atoms with Crippen molar-refractivity contribution in [3.63, 3.8) is 0 Å². The van der Waals surface area contributed by atoms with Crippen LogP contribution in [-0.4, -0.2) is 54.6 Å². The summed E-state index contributed by atoms with van der Waals surface area (Å²) in [6.07, 6.45) is 1.74. The number of nitrogens with zero attached hydrogens (tertiary/aromatic N) is 3. The van der Waals surface area contributed by atoms with Gasteiger partial charge >= 0.3 is 0 Å². The number of carbonyl (C=O) groups excluding carboxylic acids is 1. The molecule has 0 spiro atoms. The zero-order valence-corrected chi connectivity index (χ0v) is 12.9. The van der Waals surface area contributed by atoms with E-state index >= 15 is 0 Å². The van der Waals surface area contributed by atoms with Gasteiger partial charge in [0.25, 0.3) is 11.6 Å². The normalized spacial score (nSPS) is 18.1. The summed E-state index contributed by atoms with van der Waals surface area (Å²) in [6, 6.07) is 4.33. The van der Waals surface area contributed by atoms with Gasteiger partial charge in [0.05, 0.1) is 10.5 Å². The molecule has 1 heterocycles. The third-order valence-corrected chi connectivity index (χ3v) is 3.97. The van der Waals surface area contributed by atoms with Gasteiger partial charge in [-0.3, -0.25) is 14.9 Å². The molecular formula is C15H21N3O4. The number of benzene rings is 1. The van der Waals surface area contributed by atoms with Crippen LogP contribution >= 0.6 is 0 Å². The molecule has 1 aromatic carbocycles. The zero-order valence-electron chi connectivity index (χ0n) is 12.9. The quantitative estimate of drug-likeness (QED) is 0.673. The fraction of sp³-hybridized carbons (Fsp3) is 0.533. The van der Waals surface area contributed by atoms with Crippen LogP contribution in [0.3, 0.4) is 0 Å². The Morgan fingerprint density at radius 3 is 2.82 bits per heavy atom. The van der Waals surface area contributed by atoms with Gasteiger partial charge in [0.2, 0.25) is 0 Å². The number of hydrogen-bond acceptors (Lipinski definition) is 5. The Kier molecular flexibility index (Phi) is 4.97. The second-order valence-corrected chi connectivity index (χ2v) is 5.79. The molecule has 1 fully saturated rings. The minimum Gasteiger partial charge on any atom is -0.396 e. The molecule has 120 valence electrons. The molecule has 7 nitrogen and oxygen atoms in total. The largest absolute Gasteiger partial charge is 0.396 e. The van der Waals surface area contributed by atoms with Gasteiger partial charge in [0, 0.05) is 51.6 Å². The number of amides is 1. The van der Waals surface area contributed by atoms with E-state index < -0.39 is 4.92 Å². The minimum atomic E-state index is -0.497. The Balaban J connectivity index is 2.34. The first-order valence-corrected chi connectivity index (χ1v) is 7.30. The van der Waals surface area contributed by atoms with Crippen LogP contribution in [0.5, 0.6) is 0 Å². The van der Waals surface area contributed by atoms with E-state index in [4.69, 9.17) is 0 Å². The molecule has 1 aliphatic rings. The van der Waals surface area contributed by atoms with Crippen LogP contribution in [0.2, 0.25) is 0 Å². The lowest BCUT2D eigenvalue weighted by Crippen LogP contribution is -2.41. The second kappa shape index (κ2) is 6.74. The van der Waals surface area contributed by atoms with E-state index in [1.807, 2.05) is 0 Å². The van der Waals surface area contributed by atoms with Gasteiger partial charge in [-0.1, -0.05) is 0 Å². The first-order chi connectivity index (χ1) is 10.4. The number of aliphatic hydroxyl groups excluding tert-OH is 1. The van der Waals surface area contributed by atoms with Gasteiger partial charge in [0.15, 0.2) is 0 Å². The highest BCUT2D eigenvalue weighted by molar-refractivity contribution is 6.00. The first-order valence-electron chi connectivity index (χ1n) is 7.30. The lowest BCUT2D eigenvalue weighted by Gasteiger charge is -2.32. The number of anilines is 1. The first kappa shape index (κ1) is 16.2. The summed E-state index contributed by atoms with van der Waals surface area (Å²) in [5.41, 5.74) is 0.893.